The molecule has 0 amide bonds. The van der Waals surface area contributed by atoms with Crippen LogP contribution in [0.25, 0.3) is 0 Å². The number of nitrogens with zero attached hydrogens (tertiary/aromatic N) is 2. The molecule has 4 nitrogen and oxygen atoms in total. The summed E-state index contributed by atoms with van der Waals surface area (Å²) in [5.74, 6) is 3.47. The van der Waals surface area contributed by atoms with Crippen LogP contribution in [0.2, 0.25) is 5.02 Å². The summed E-state index contributed by atoms with van der Waals surface area (Å²) in [7, 11) is 0. The third kappa shape index (κ3) is 2.46. The number of rotatable bonds is 1. The van der Waals surface area contributed by atoms with Crippen LogP contribution in [0.3, 0.4) is 0 Å². The molecule has 1 aromatic heterocycles. The van der Waals surface area contributed by atoms with E-state index in [2.05, 4.69) is 11.9 Å². The van der Waals surface area contributed by atoms with Crippen LogP contribution in [0, 0.1) is 12.8 Å². The van der Waals surface area contributed by atoms with Gasteiger partial charge in [-0.05, 0) is 56.0 Å². The van der Waals surface area contributed by atoms with Gasteiger partial charge in [-0.15, -0.1) is 0 Å². The summed E-state index contributed by atoms with van der Waals surface area (Å²) < 4.78 is 12.5. The van der Waals surface area contributed by atoms with Gasteiger partial charge in [0.15, 0.2) is 5.72 Å². The first kappa shape index (κ1) is 16.2. The minimum atomic E-state index is -0.346. The summed E-state index contributed by atoms with van der Waals surface area (Å²) in [5.41, 5.74) is 1.78. The molecule has 0 radical (unpaired) electrons. The summed E-state index contributed by atoms with van der Waals surface area (Å²) in [4.78, 5) is 0. The lowest BCUT2D eigenvalue weighted by molar-refractivity contribution is -0.145. The highest BCUT2D eigenvalue weighted by Gasteiger charge is 2.51. The molecule has 0 unspecified atom stereocenters. The van der Waals surface area contributed by atoms with E-state index in [1.807, 2.05) is 37.3 Å². The van der Waals surface area contributed by atoms with Gasteiger partial charge in [-0.25, -0.2) is 5.01 Å². The summed E-state index contributed by atoms with van der Waals surface area (Å²) in [5, 5.41) is 7.96. The van der Waals surface area contributed by atoms with Gasteiger partial charge in [0.1, 0.15) is 23.0 Å². The highest BCUT2D eigenvalue weighted by atomic mass is 35.5. The number of halogens is 1. The second-order valence-electron chi connectivity index (χ2n) is 7.93. The van der Waals surface area contributed by atoms with E-state index in [0.717, 1.165) is 71.6 Å². The fraction of sp³-hybridized carbons (Fsp3) is 0.476. The van der Waals surface area contributed by atoms with Gasteiger partial charge in [0.25, 0.3) is 0 Å². The van der Waals surface area contributed by atoms with Crippen LogP contribution in [0.5, 0.6) is 5.75 Å². The molecule has 5 heteroatoms. The minimum absolute atomic E-state index is 0.159. The fourth-order valence-corrected chi connectivity index (χ4v) is 4.72. The molecule has 1 aromatic carbocycles. The Hall–Kier alpha value is -1.94. The van der Waals surface area contributed by atoms with E-state index in [1.165, 1.54) is 0 Å². The van der Waals surface area contributed by atoms with Crippen molar-refractivity contribution in [3.63, 3.8) is 0 Å². The number of furan rings is 1. The standard InChI is InChI=1S/C21H23ClN2O2/c1-13-7-9-21(10-8-13)24-18(16-11-15(22)4-6-19(16)26-21)12-17(23-24)20-5-3-14(2)25-20/h3-6,11,13,18H,7-10,12H2,1-2H3/t13?,18-,21?/m1/s1. The van der Waals surface area contributed by atoms with Crippen LogP contribution in [-0.2, 0) is 0 Å². The van der Waals surface area contributed by atoms with Crippen LogP contribution in [-0.4, -0.2) is 16.4 Å². The second-order valence-corrected chi connectivity index (χ2v) is 8.37. The number of hydrazone groups is 1. The molecule has 5 rings (SSSR count). The van der Waals surface area contributed by atoms with Gasteiger partial charge in [0.2, 0.25) is 0 Å². The molecule has 0 bridgehead atoms. The van der Waals surface area contributed by atoms with Crippen LogP contribution >= 0.6 is 11.6 Å². The molecule has 2 aliphatic heterocycles. The van der Waals surface area contributed by atoms with E-state index in [0.29, 0.717) is 0 Å². The first-order chi connectivity index (χ1) is 12.5. The van der Waals surface area contributed by atoms with E-state index in [1.54, 1.807) is 0 Å². The summed E-state index contributed by atoms with van der Waals surface area (Å²) in [6, 6.07) is 10.1. The molecule has 0 saturated heterocycles. The monoisotopic (exact) mass is 370 g/mol. The van der Waals surface area contributed by atoms with Crippen LogP contribution in [0.15, 0.2) is 39.9 Å². The molecule has 1 saturated carbocycles. The largest absolute Gasteiger partial charge is 0.466 e. The van der Waals surface area contributed by atoms with E-state index >= 15 is 0 Å². The van der Waals surface area contributed by atoms with E-state index in [4.69, 9.17) is 25.9 Å². The van der Waals surface area contributed by atoms with Crippen LogP contribution < -0.4 is 4.74 Å². The van der Waals surface area contributed by atoms with Gasteiger partial charge in [-0.1, -0.05) is 18.5 Å². The molecule has 2 aromatic rings. The van der Waals surface area contributed by atoms with Gasteiger partial charge >= 0.3 is 0 Å². The van der Waals surface area contributed by atoms with Crippen molar-refractivity contribution in [1.82, 2.24) is 5.01 Å². The van der Waals surface area contributed by atoms with Crippen molar-refractivity contribution in [2.24, 2.45) is 11.0 Å². The summed E-state index contributed by atoms with van der Waals surface area (Å²) in [6.45, 7) is 4.29. The number of fused-ring (bicyclic) bond motifs is 4. The zero-order valence-electron chi connectivity index (χ0n) is 15.2. The van der Waals surface area contributed by atoms with E-state index in [9.17, 15) is 0 Å². The van der Waals surface area contributed by atoms with Gasteiger partial charge in [0.05, 0.1) is 6.04 Å². The van der Waals surface area contributed by atoms with Crippen molar-refractivity contribution in [3.05, 3.63) is 52.4 Å². The number of hydrogen-bond acceptors (Lipinski definition) is 4. The third-order valence-electron chi connectivity index (χ3n) is 6.04. The Morgan fingerprint density at radius 2 is 2.00 bits per heavy atom. The third-order valence-corrected chi connectivity index (χ3v) is 6.27. The minimum Gasteiger partial charge on any atom is -0.466 e. The van der Waals surface area contributed by atoms with Crippen molar-refractivity contribution in [1.29, 1.82) is 0 Å². The first-order valence-corrected chi connectivity index (χ1v) is 9.84. The maximum absolute atomic E-state index is 6.60. The lowest BCUT2D eigenvalue weighted by atomic mass is 9.82. The Morgan fingerprint density at radius 1 is 1.19 bits per heavy atom. The normalized spacial score (nSPS) is 30.0. The zero-order valence-corrected chi connectivity index (χ0v) is 15.9. The lowest BCUT2D eigenvalue weighted by Crippen LogP contribution is -2.55. The van der Waals surface area contributed by atoms with Gasteiger partial charge in [-0.3, -0.25) is 0 Å². The number of benzene rings is 1. The van der Waals surface area contributed by atoms with Gasteiger partial charge < -0.3 is 9.15 Å². The van der Waals surface area contributed by atoms with Crippen molar-refractivity contribution in [3.8, 4) is 5.75 Å². The maximum atomic E-state index is 6.60. The lowest BCUT2D eigenvalue weighted by Gasteiger charge is -2.50. The number of aryl methyl sites for hydroxylation is 1. The van der Waals surface area contributed by atoms with Crippen molar-refractivity contribution in [2.45, 2.75) is 57.7 Å². The molecule has 0 N–H and O–H groups in total. The SMILES string of the molecule is Cc1ccc(C2=NN3[C@H](C2)c2cc(Cl)ccc2OC32CCC(C)CC2)o1. The van der Waals surface area contributed by atoms with Crippen LogP contribution in [0.1, 0.15) is 62.2 Å². The van der Waals surface area contributed by atoms with Gasteiger partial charge in [-0.2, -0.15) is 5.10 Å². The average Bonchev–Trinajstić information content (AvgIpc) is 3.25. The van der Waals surface area contributed by atoms with E-state index in [-0.39, 0.29) is 11.8 Å². The molecule has 1 atom stereocenters. The number of ether oxygens (including phenoxy) is 1. The van der Waals surface area contributed by atoms with Crippen molar-refractivity contribution >= 4 is 17.3 Å². The van der Waals surface area contributed by atoms with E-state index < -0.39 is 0 Å². The first-order valence-electron chi connectivity index (χ1n) is 9.46. The summed E-state index contributed by atoms with van der Waals surface area (Å²) in [6.07, 6.45) is 5.15. The Labute approximate surface area is 158 Å². The molecule has 136 valence electrons. The fourth-order valence-electron chi connectivity index (χ4n) is 4.53. The molecule has 1 spiro atoms. The molecule has 1 aliphatic carbocycles. The molecule has 3 heterocycles. The number of hydrogen-bond donors (Lipinski definition) is 0. The molecule has 3 aliphatic rings. The average molecular weight is 371 g/mol. The maximum Gasteiger partial charge on any atom is 0.198 e. The van der Waals surface area contributed by atoms with Crippen LogP contribution in [0.4, 0.5) is 0 Å². The predicted molar refractivity (Wildman–Crippen MR) is 102 cm³/mol. The highest BCUT2D eigenvalue weighted by molar-refractivity contribution is 6.30. The highest BCUT2D eigenvalue weighted by Crippen LogP contribution is 2.52. The zero-order chi connectivity index (χ0) is 17.9. The Bertz CT molecular complexity index is 880. The Balaban J connectivity index is 1.59. The topological polar surface area (TPSA) is 38.0 Å². The molecular formula is C21H23ClN2O2. The smallest absolute Gasteiger partial charge is 0.198 e. The predicted octanol–water partition coefficient (Wildman–Crippen LogP) is 5.69. The van der Waals surface area contributed by atoms with Gasteiger partial charge in [0, 0.05) is 29.8 Å². The van der Waals surface area contributed by atoms with Crippen molar-refractivity contribution in [2.75, 3.05) is 0 Å². The Kier molecular flexibility index (Phi) is 3.61. The summed E-state index contributed by atoms with van der Waals surface area (Å²) >= 11 is 6.29. The Morgan fingerprint density at radius 3 is 2.73 bits per heavy atom. The van der Waals surface area contributed by atoms with Crippen molar-refractivity contribution < 1.29 is 9.15 Å². The second kappa shape index (κ2) is 5.78. The molecule has 1 fully saturated rings. The molecular weight excluding hydrogens is 348 g/mol. The quantitative estimate of drug-likeness (QED) is 0.647. The molecule has 26 heavy (non-hydrogen) atoms.